The zero-order chi connectivity index (χ0) is 13.1. The minimum Gasteiger partial charge on any atom is -0.243 e. The highest BCUT2D eigenvalue weighted by Gasteiger charge is 2.49. The number of allylic oxidation sites excluding steroid dienone is 7. The zero-order valence-corrected chi connectivity index (χ0v) is 10.6. The van der Waals surface area contributed by atoms with Crippen molar-refractivity contribution in [2.45, 2.75) is 6.92 Å². The molecule has 2 aliphatic carbocycles. The summed E-state index contributed by atoms with van der Waals surface area (Å²) in [6.45, 7) is 5.82. The molecule has 0 aromatic heterocycles. The smallest absolute Gasteiger partial charge is 0.243 e. The summed E-state index contributed by atoms with van der Waals surface area (Å²) < 4.78 is 0. The fraction of sp³-hybridized carbons (Fsp3) is 0.125. The van der Waals surface area contributed by atoms with Gasteiger partial charge in [-0.3, -0.25) is 0 Å². The van der Waals surface area contributed by atoms with E-state index in [1.165, 1.54) is 5.57 Å². The van der Waals surface area contributed by atoms with E-state index in [1.54, 1.807) is 4.90 Å². The van der Waals surface area contributed by atoms with Crippen molar-refractivity contribution in [1.82, 2.24) is 4.90 Å². The first kappa shape index (κ1) is 10.5. The molecular formula is C16H13N2O+. The summed E-state index contributed by atoms with van der Waals surface area (Å²) in [5.74, 6) is 0.976. The maximum atomic E-state index is 12.4. The second kappa shape index (κ2) is 3.32. The molecule has 3 heteroatoms. The molecule has 0 radical (unpaired) electrons. The van der Waals surface area contributed by atoms with Crippen molar-refractivity contribution < 1.29 is 9.79 Å². The van der Waals surface area contributed by atoms with Crippen LogP contribution in [0.3, 0.4) is 0 Å². The molecule has 1 unspecified atom stereocenters. The van der Waals surface area contributed by atoms with Gasteiger partial charge in [-0.1, -0.05) is 30.9 Å². The van der Waals surface area contributed by atoms with E-state index in [4.69, 9.17) is 0 Å². The van der Waals surface area contributed by atoms with E-state index < -0.39 is 0 Å². The molecule has 0 spiro atoms. The van der Waals surface area contributed by atoms with E-state index >= 15 is 0 Å². The van der Waals surface area contributed by atoms with Gasteiger partial charge < -0.3 is 0 Å². The van der Waals surface area contributed by atoms with Crippen LogP contribution in [-0.2, 0) is 4.79 Å². The van der Waals surface area contributed by atoms with Crippen LogP contribution in [-0.4, -0.2) is 16.5 Å². The van der Waals surface area contributed by atoms with Crippen LogP contribution in [0.2, 0.25) is 0 Å². The van der Waals surface area contributed by atoms with Crippen LogP contribution in [0.5, 0.6) is 0 Å². The largest absolute Gasteiger partial charge is 0.346 e. The molecule has 4 aliphatic rings. The van der Waals surface area contributed by atoms with E-state index in [0.29, 0.717) is 5.57 Å². The Kier molecular flexibility index (Phi) is 1.83. The van der Waals surface area contributed by atoms with Crippen LogP contribution in [0.1, 0.15) is 6.92 Å². The van der Waals surface area contributed by atoms with Gasteiger partial charge in [0.15, 0.2) is 0 Å². The average molecular weight is 249 g/mol. The van der Waals surface area contributed by atoms with Crippen molar-refractivity contribution >= 4 is 11.6 Å². The summed E-state index contributed by atoms with van der Waals surface area (Å²) >= 11 is 0. The van der Waals surface area contributed by atoms with Crippen LogP contribution in [0.4, 0.5) is 0 Å². The number of nitrogens with zero attached hydrogens (tertiary/aromatic N) is 1. The summed E-state index contributed by atoms with van der Waals surface area (Å²) in [4.78, 5) is 17.5. The van der Waals surface area contributed by atoms with Gasteiger partial charge >= 0.3 is 5.91 Å². The van der Waals surface area contributed by atoms with Crippen molar-refractivity contribution in [3.8, 4) is 0 Å². The van der Waals surface area contributed by atoms with Gasteiger partial charge in [0.25, 0.3) is 5.82 Å². The third-order valence-corrected chi connectivity index (χ3v) is 4.07. The van der Waals surface area contributed by atoms with Gasteiger partial charge in [0.05, 0.1) is 11.1 Å². The van der Waals surface area contributed by atoms with Crippen LogP contribution < -0.4 is 4.99 Å². The first-order chi connectivity index (χ1) is 9.18. The second-order valence-electron chi connectivity index (χ2n) is 5.08. The molecule has 1 amide bonds. The lowest BCUT2D eigenvalue weighted by Crippen LogP contribution is -2.78. The second-order valence-corrected chi connectivity index (χ2v) is 5.08. The molecule has 4 rings (SSSR count). The Balaban J connectivity index is 2.02. The highest BCUT2D eigenvalue weighted by molar-refractivity contribution is 6.06. The molecule has 92 valence electrons. The number of hydrogen-bond acceptors (Lipinski definition) is 1. The Bertz CT molecular complexity index is 726. The monoisotopic (exact) mass is 249 g/mol. The zero-order valence-electron chi connectivity index (χ0n) is 10.6. The molecule has 0 aromatic carbocycles. The Morgan fingerprint density at radius 3 is 2.89 bits per heavy atom. The van der Waals surface area contributed by atoms with Crippen molar-refractivity contribution in [2.75, 3.05) is 0 Å². The molecule has 0 fully saturated rings. The van der Waals surface area contributed by atoms with Gasteiger partial charge in [-0.2, -0.15) is 4.90 Å². The maximum Gasteiger partial charge on any atom is 0.346 e. The first-order valence-corrected chi connectivity index (χ1v) is 6.33. The Labute approximate surface area is 111 Å². The predicted octanol–water partition coefficient (Wildman–Crippen LogP) is 0.718. The molecule has 3 nitrogen and oxygen atoms in total. The first-order valence-electron chi connectivity index (χ1n) is 6.33. The predicted molar refractivity (Wildman–Crippen MR) is 72.6 cm³/mol. The van der Waals surface area contributed by atoms with Crippen molar-refractivity contribution in [3.63, 3.8) is 0 Å². The van der Waals surface area contributed by atoms with Crippen LogP contribution in [0.15, 0.2) is 71.3 Å². The van der Waals surface area contributed by atoms with E-state index in [-0.39, 0.29) is 11.8 Å². The third kappa shape index (κ3) is 1.17. The topological polar surface area (TPSA) is 34.3 Å². The van der Waals surface area contributed by atoms with Gasteiger partial charge in [0, 0.05) is 0 Å². The van der Waals surface area contributed by atoms with Gasteiger partial charge in [-0.05, 0) is 24.6 Å². The quantitative estimate of drug-likeness (QED) is 0.631. The van der Waals surface area contributed by atoms with E-state index in [1.807, 2.05) is 25.2 Å². The number of rotatable bonds is 0. The number of amides is 1. The number of carbonyl (C=O) groups excluding carboxylic acids is 1. The number of fused-ring (bicyclic) bond motifs is 2. The Morgan fingerprint density at radius 1 is 1.26 bits per heavy atom. The standard InChI is InChI=1S/C16H12N2O/c1-9-10(2)16(19)18-13-8-4-6-11-5-3-7-12(14(11)13)17-15(9)18/h3-8,14H,2H2,1H3/p+1. The molecule has 1 N–H and O–H groups in total. The molecule has 0 aromatic rings. The summed E-state index contributed by atoms with van der Waals surface area (Å²) in [7, 11) is 0. The molecule has 0 bridgehead atoms. The SMILES string of the molecule is C=C1C(=O)N2C3=CC=CC4=CC=CC(=[NH+]C2=C1C)C43. The van der Waals surface area contributed by atoms with Gasteiger partial charge in [-0.15, -0.1) is 0 Å². The summed E-state index contributed by atoms with van der Waals surface area (Å²) in [5.41, 5.74) is 4.86. The normalized spacial score (nSPS) is 27.1. The molecule has 0 saturated carbocycles. The molecule has 2 aliphatic heterocycles. The highest BCUT2D eigenvalue weighted by atomic mass is 16.2. The minimum absolute atomic E-state index is 0.0190. The molecule has 0 saturated heterocycles. The fourth-order valence-corrected chi connectivity index (χ4v) is 3.03. The lowest BCUT2D eigenvalue weighted by molar-refractivity contribution is -0.422. The number of nitrogens with one attached hydrogen (secondary N) is 1. The molecule has 1 atom stereocenters. The van der Waals surface area contributed by atoms with Crippen molar-refractivity contribution in [3.05, 3.63) is 71.3 Å². The van der Waals surface area contributed by atoms with E-state index in [9.17, 15) is 4.79 Å². The average Bonchev–Trinajstić information content (AvgIpc) is 2.65. The van der Waals surface area contributed by atoms with Gasteiger partial charge in [0.1, 0.15) is 17.3 Å². The van der Waals surface area contributed by atoms with Crippen molar-refractivity contribution in [1.29, 1.82) is 0 Å². The van der Waals surface area contributed by atoms with Crippen LogP contribution in [0.25, 0.3) is 0 Å². The van der Waals surface area contributed by atoms with Crippen LogP contribution >= 0.6 is 0 Å². The van der Waals surface area contributed by atoms with Crippen molar-refractivity contribution in [2.24, 2.45) is 5.92 Å². The summed E-state index contributed by atoms with van der Waals surface area (Å²) in [6.07, 6.45) is 12.3. The van der Waals surface area contributed by atoms with E-state index in [0.717, 1.165) is 22.8 Å². The van der Waals surface area contributed by atoms with Gasteiger partial charge in [-0.25, -0.2) is 9.79 Å². The molecule has 2 heterocycles. The van der Waals surface area contributed by atoms with E-state index in [2.05, 4.69) is 29.8 Å². The minimum atomic E-state index is -0.0190. The maximum absolute atomic E-state index is 12.4. The number of hydrogen-bond donors (Lipinski definition) is 1. The molecular weight excluding hydrogens is 236 g/mol. The lowest BCUT2D eigenvalue weighted by Gasteiger charge is -2.30. The summed E-state index contributed by atoms with van der Waals surface area (Å²) in [5, 5.41) is 0. The lowest BCUT2D eigenvalue weighted by atomic mass is 9.82. The number of carbonyl (C=O) groups is 1. The fourth-order valence-electron chi connectivity index (χ4n) is 3.03. The molecule has 19 heavy (non-hydrogen) atoms. The van der Waals surface area contributed by atoms with Gasteiger partial charge in [0.2, 0.25) is 0 Å². The van der Waals surface area contributed by atoms with Crippen LogP contribution in [0, 0.1) is 5.92 Å². The Hall–Kier alpha value is -2.42. The summed E-state index contributed by atoms with van der Waals surface area (Å²) in [6, 6.07) is 0. The Morgan fingerprint density at radius 2 is 2.05 bits per heavy atom. The highest BCUT2D eigenvalue weighted by Crippen LogP contribution is 2.38. The third-order valence-electron chi connectivity index (χ3n) is 4.07.